The smallest absolute Gasteiger partial charge is 0.221 e. The van der Waals surface area contributed by atoms with E-state index in [-0.39, 0.29) is 41.7 Å². The Bertz CT molecular complexity index is 826. The summed E-state index contributed by atoms with van der Waals surface area (Å²) in [6.45, 7) is 8.36. The number of hydrogen-bond donors (Lipinski definition) is 3. The van der Waals surface area contributed by atoms with Crippen LogP contribution in [0.1, 0.15) is 43.5 Å². The molecule has 2 aromatic carbocycles. The fraction of sp³-hybridized carbons (Fsp3) is 0.333. The quantitative estimate of drug-likeness (QED) is 0.312. The minimum atomic E-state index is -0.210. The summed E-state index contributed by atoms with van der Waals surface area (Å²) in [6, 6.07) is 12.7. The molecule has 2 aromatic rings. The summed E-state index contributed by atoms with van der Waals surface area (Å²) < 4.78 is 13.8. The number of aryl methyl sites for hydroxylation is 1. The molecule has 0 fully saturated rings. The number of anilines is 1. The number of benzene rings is 2. The van der Waals surface area contributed by atoms with Gasteiger partial charge in [-0.2, -0.15) is 0 Å². The van der Waals surface area contributed by atoms with Gasteiger partial charge in [0.15, 0.2) is 5.96 Å². The molecule has 0 saturated heterocycles. The van der Waals surface area contributed by atoms with Gasteiger partial charge in [0.1, 0.15) is 5.82 Å². The number of halogens is 2. The summed E-state index contributed by atoms with van der Waals surface area (Å²) in [5.41, 5.74) is 3.21. The highest BCUT2D eigenvalue weighted by Gasteiger charge is 2.10. The Labute approximate surface area is 183 Å². The predicted octanol–water partition coefficient (Wildman–Crippen LogP) is 4.53. The molecule has 0 aromatic heterocycles. The lowest BCUT2D eigenvalue weighted by atomic mass is 10.1. The van der Waals surface area contributed by atoms with Crippen LogP contribution in [0.5, 0.6) is 0 Å². The Kier molecular flexibility index (Phi) is 9.92. The van der Waals surface area contributed by atoms with Crippen LogP contribution in [-0.2, 0) is 11.3 Å². The van der Waals surface area contributed by atoms with Gasteiger partial charge in [-0.3, -0.25) is 4.79 Å². The molecule has 0 bridgehead atoms. The molecular weight excluding hydrogens is 470 g/mol. The molecule has 3 N–H and O–H groups in total. The fourth-order valence-electron chi connectivity index (χ4n) is 2.61. The zero-order chi connectivity index (χ0) is 19.8. The van der Waals surface area contributed by atoms with Crippen LogP contribution in [0.3, 0.4) is 0 Å². The first-order valence-corrected chi connectivity index (χ1v) is 9.06. The Morgan fingerprint density at radius 2 is 1.96 bits per heavy atom. The summed E-state index contributed by atoms with van der Waals surface area (Å²) in [5, 5.41) is 9.27. The van der Waals surface area contributed by atoms with Gasteiger partial charge >= 0.3 is 0 Å². The molecule has 5 nitrogen and oxygen atoms in total. The Morgan fingerprint density at radius 3 is 2.61 bits per heavy atom. The second kappa shape index (κ2) is 11.6. The summed E-state index contributed by atoms with van der Waals surface area (Å²) in [6.07, 6.45) is 0. The van der Waals surface area contributed by atoms with Crippen LogP contribution >= 0.6 is 24.0 Å². The van der Waals surface area contributed by atoms with Gasteiger partial charge in [0, 0.05) is 19.2 Å². The van der Waals surface area contributed by atoms with Crippen molar-refractivity contribution in [1.82, 2.24) is 10.6 Å². The van der Waals surface area contributed by atoms with Crippen molar-refractivity contribution in [2.24, 2.45) is 4.99 Å². The number of nitrogens with zero attached hydrogens (tertiary/aromatic N) is 1. The zero-order valence-corrected chi connectivity index (χ0v) is 19.0. The first-order valence-electron chi connectivity index (χ1n) is 9.06. The molecule has 28 heavy (non-hydrogen) atoms. The van der Waals surface area contributed by atoms with Gasteiger partial charge in [-0.25, -0.2) is 9.38 Å². The van der Waals surface area contributed by atoms with Crippen molar-refractivity contribution < 1.29 is 9.18 Å². The van der Waals surface area contributed by atoms with E-state index in [0.717, 1.165) is 16.8 Å². The average Bonchev–Trinajstić information content (AvgIpc) is 2.62. The zero-order valence-electron chi connectivity index (χ0n) is 16.7. The van der Waals surface area contributed by atoms with E-state index in [0.29, 0.717) is 24.6 Å². The van der Waals surface area contributed by atoms with Gasteiger partial charge in [-0.05, 0) is 55.7 Å². The Hall–Kier alpha value is -2.16. The number of amides is 1. The molecule has 0 heterocycles. The SMILES string of the molecule is CCNC(=NCc1cccc(NC(C)=O)c1)NC(C)c1ccc(C)c(F)c1.I. The van der Waals surface area contributed by atoms with E-state index in [1.165, 1.54) is 6.92 Å². The first kappa shape index (κ1) is 23.9. The van der Waals surface area contributed by atoms with E-state index in [1.54, 1.807) is 19.1 Å². The van der Waals surface area contributed by atoms with Gasteiger partial charge in [0.05, 0.1) is 12.6 Å². The third kappa shape index (κ3) is 7.46. The van der Waals surface area contributed by atoms with Gasteiger partial charge in [-0.1, -0.05) is 24.3 Å². The van der Waals surface area contributed by atoms with Crippen LogP contribution in [0.4, 0.5) is 10.1 Å². The number of carbonyl (C=O) groups excluding carboxylic acids is 1. The lowest BCUT2D eigenvalue weighted by molar-refractivity contribution is -0.114. The van der Waals surface area contributed by atoms with Crippen molar-refractivity contribution in [1.29, 1.82) is 0 Å². The largest absolute Gasteiger partial charge is 0.357 e. The second-order valence-electron chi connectivity index (χ2n) is 6.45. The van der Waals surface area contributed by atoms with Gasteiger partial charge < -0.3 is 16.0 Å². The van der Waals surface area contributed by atoms with Crippen molar-refractivity contribution in [2.75, 3.05) is 11.9 Å². The molecule has 1 atom stereocenters. The third-order valence-corrected chi connectivity index (χ3v) is 4.06. The number of rotatable bonds is 6. The summed E-state index contributed by atoms with van der Waals surface area (Å²) in [7, 11) is 0. The van der Waals surface area contributed by atoms with Crippen LogP contribution in [0, 0.1) is 12.7 Å². The Morgan fingerprint density at radius 1 is 1.21 bits per heavy atom. The maximum absolute atomic E-state index is 13.8. The minimum absolute atomic E-state index is 0. The van der Waals surface area contributed by atoms with Crippen molar-refractivity contribution in [3.05, 3.63) is 65.0 Å². The molecule has 152 valence electrons. The molecule has 0 radical (unpaired) electrons. The van der Waals surface area contributed by atoms with Gasteiger partial charge in [0.2, 0.25) is 5.91 Å². The predicted molar refractivity (Wildman–Crippen MR) is 124 cm³/mol. The van der Waals surface area contributed by atoms with E-state index in [4.69, 9.17) is 0 Å². The van der Waals surface area contributed by atoms with Gasteiger partial charge in [0.25, 0.3) is 0 Å². The molecule has 1 amide bonds. The minimum Gasteiger partial charge on any atom is -0.357 e. The lowest BCUT2D eigenvalue weighted by Crippen LogP contribution is -2.38. The van der Waals surface area contributed by atoms with E-state index in [2.05, 4.69) is 20.9 Å². The first-order chi connectivity index (χ1) is 12.9. The summed E-state index contributed by atoms with van der Waals surface area (Å²) in [5.74, 6) is 0.332. The maximum atomic E-state index is 13.8. The summed E-state index contributed by atoms with van der Waals surface area (Å²) in [4.78, 5) is 15.8. The van der Waals surface area contributed by atoms with Crippen LogP contribution in [0.25, 0.3) is 0 Å². The second-order valence-corrected chi connectivity index (χ2v) is 6.45. The normalized spacial score (nSPS) is 12.0. The third-order valence-electron chi connectivity index (χ3n) is 4.06. The maximum Gasteiger partial charge on any atom is 0.221 e. The lowest BCUT2D eigenvalue weighted by Gasteiger charge is -2.18. The molecule has 7 heteroatoms. The molecule has 2 rings (SSSR count). The molecule has 0 aliphatic rings. The number of nitrogens with one attached hydrogen (secondary N) is 3. The molecular formula is C21H28FIN4O. The number of aliphatic imine (C=N–C) groups is 1. The summed E-state index contributed by atoms with van der Waals surface area (Å²) >= 11 is 0. The van der Waals surface area contributed by atoms with Crippen LogP contribution in [0.15, 0.2) is 47.5 Å². The van der Waals surface area contributed by atoms with Gasteiger partial charge in [-0.15, -0.1) is 24.0 Å². The highest BCUT2D eigenvalue weighted by atomic mass is 127. The van der Waals surface area contributed by atoms with Crippen molar-refractivity contribution in [2.45, 2.75) is 40.3 Å². The molecule has 0 aliphatic heterocycles. The van der Waals surface area contributed by atoms with E-state index in [9.17, 15) is 9.18 Å². The highest BCUT2D eigenvalue weighted by molar-refractivity contribution is 14.0. The van der Waals surface area contributed by atoms with E-state index in [1.807, 2.05) is 44.2 Å². The van der Waals surface area contributed by atoms with E-state index < -0.39 is 0 Å². The molecule has 0 spiro atoms. The molecule has 0 saturated carbocycles. The van der Waals surface area contributed by atoms with Crippen molar-refractivity contribution >= 4 is 41.5 Å². The van der Waals surface area contributed by atoms with E-state index >= 15 is 0 Å². The number of guanidine groups is 1. The molecule has 1 unspecified atom stereocenters. The number of hydrogen-bond acceptors (Lipinski definition) is 2. The van der Waals surface area contributed by atoms with Crippen LogP contribution in [-0.4, -0.2) is 18.4 Å². The molecule has 0 aliphatic carbocycles. The fourth-order valence-corrected chi connectivity index (χ4v) is 2.61. The van der Waals surface area contributed by atoms with Crippen LogP contribution < -0.4 is 16.0 Å². The average molecular weight is 498 g/mol. The van der Waals surface area contributed by atoms with Crippen LogP contribution in [0.2, 0.25) is 0 Å². The highest BCUT2D eigenvalue weighted by Crippen LogP contribution is 2.16. The van der Waals surface area contributed by atoms with Crippen molar-refractivity contribution in [3.63, 3.8) is 0 Å². The Balaban J connectivity index is 0.00000392. The van der Waals surface area contributed by atoms with Crippen molar-refractivity contribution in [3.8, 4) is 0 Å². The standard InChI is InChI=1S/C21H27FN4O.HI/c1-5-23-21(25-15(3)18-10-9-14(2)20(22)12-18)24-13-17-7-6-8-19(11-17)26-16(4)27;/h6-12,15H,5,13H2,1-4H3,(H,26,27)(H2,23,24,25);1H. The monoisotopic (exact) mass is 498 g/mol. The number of carbonyl (C=O) groups is 1. The topological polar surface area (TPSA) is 65.5 Å².